The van der Waals surface area contributed by atoms with Crippen molar-refractivity contribution >= 4 is 28.3 Å². The second kappa shape index (κ2) is 6.48. The maximum atomic E-state index is 12.4. The number of likely N-dealkylation sites (tertiary alicyclic amines) is 1. The lowest BCUT2D eigenvalue weighted by molar-refractivity contribution is -0.128. The van der Waals surface area contributed by atoms with Gasteiger partial charge in [0, 0.05) is 36.9 Å². The van der Waals surface area contributed by atoms with Crippen LogP contribution in [0.3, 0.4) is 0 Å². The predicted octanol–water partition coefficient (Wildman–Crippen LogP) is 2.55. The van der Waals surface area contributed by atoms with Crippen molar-refractivity contribution in [2.24, 2.45) is 5.92 Å². The Hall–Kier alpha value is -2.41. The number of benzene rings is 1. The smallest absolute Gasteiger partial charge is 0.231 e. The van der Waals surface area contributed by atoms with Crippen molar-refractivity contribution < 1.29 is 14.3 Å². The van der Waals surface area contributed by atoms with Gasteiger partial charge in [0.15, 0.2) is 5.13 Å². The molecule has 0 radical (unpaired) electrons. The van der Waals surface area contributed by atoms with Gasteiger partial charge in [-0.2, -0.15) is 0 Å². The van der Waals surface area contributed by atoms with Crippen LogP contribution >= 0.6 is 11.3 Å². The maximum absolute atomic E-state index is 12.4. The molecule has 0 aliphatic carbocycles. The number of carbonyl (C=O) groups excluding carboxylic acids is 2. The SMILES string of the molecule is CCN1CC(C(=O)Nc2nc(-c3ccc4c(c3)CCO4)cs2)CC1=O. The van der Waals surface area contributed by atoms with Crippen LogP contribution in [0.2, 0.25) is 0 Å². The Bertz CT molecular complexity index is 833. The van der Waals surface area contributed by atoms with E-state index in [9.17, 15) is 9.59 Å². The number of nitrogens with zero attached hydrogens (tertiary/aromatic N) is 2. The lowest BCUT2D eigenvalue weighted by Crippen LogP contribution is -2.28. The molecule has 1 aromatic carbocycles. The molecule has 1 fully saturated rings. The number of anilines is 1. The van der Waals surface area contributed by atoms with Gasteiger partial charge in [-0.15, -0.1) is 11.3 Å². The normalized spacial score (nSPS) is 19.0. The van der Waals surface area contributed by atoms with E-state index in [-0.39, 0.29) is 24.2 Å². The molecule has 6 nitrogen and oxygen atoms in total. The summed E-state index contributed by atoms with van der Waals surface area (Å²) in [6.07, 6.45) is 1.20. The topological polar surface area (TPSA) is 71.5 Å². The third kappa shape index (κ3) is 3.11. The standard InChI is InChI=1S/C18H19N3O3S/c1-2-21-9-13(8-16(21)22)17(23)20-18-19-14(10-25-18)11-3-4-15-12(7-11)5-6-24-15/h3-4,7,10,13H,2,5-6,8-9H2,1H3,(H,19,20,23). The fourth-order valence-electron chi connectivity index (χ4n) is 3.27. The number of aromatic nitrogens is 1. The van der Waals surface area contributed by atoms with Crippen LogP contribution in [-0.2, 0) is 16.0 Å². The molecule has 0 saturated carbocycles. The van der Waals surface area contributed by atoms with Crippen LogP contribution in [0.15, 0.2) is 23.6 Å². The van der Waals surface area contributed by atoms with Gasteiger partial charge in [-0.3, -0.25) is 9.59 Å². The highest BCUT2D eigenvalue weighted by atomic mass is 32.1. The molecule has 2 aliphatic rings. The highest BCUT2D eigenvalue weighted by Gasteiger charge is 2.33. The minimum absolute atomic E-state index is 0.0443. The number of thiazole rings is 1. The first kappa shape index (κ1) is 16.1. The van der Waals surface area contributed by atoms with E-state index in [2.05, 4.69) is 16.4 Å². The first-order chi connectivity index (χ1) is 12.1. The summed E-state index contributed by atoms with van der Waals surface area (Å²) in [5, 5.41) is 5.36. The highest BCUT2D eigenvalue weighted by Crippen LogP contribution is 2.32. The van der Waals surface area contributed by atoms with E-state index in [1.165, 1.54) is 16.9 Å². The molecule has 2 aliphatic heterocycles. The quantitative estimate of drug-likeness (QED) is 0.913. The molecule has 1 atom stereocenters. The Morgan fingerprint density at radius 1 is 1.48 bits per heavy atom. The second-order valence-electron chi connectivity index (χ2n) is 6.28. The van der Waals surface area contributed by atoms with Crippen molar-refractivity contribution in [2.45, 2.75) is 19.8 Å². The molecule has 0 bridgehead atoms. The number of carbonyl (C=O) groups is 2. The van der Waals surface area contributed by atoms with Crippen molar-refractivity contribution in [3.8, 4) is 17.0 Å². The van der Waals surface area contributed by atoms with E-state index in [0.717, 1.165) is 30.0 Å². The second-order valence-corrected chi connectivity index (χ2v) is 7.14. The number of rotatable bonds is 4. The number of hydrogen-bond acceptors (Lipinski definition) is 5. The summed E-state index contributed by atoms with van der Waals surface area (Å²) >= 11 is 1.40. The first-order valence-electron chi connectivity index (χ1n) is 8.44. The van der Waals surface area contributed by atoms with E-state index < -0.39 is 0 Å². The van der Waals surface area contributed by atoms with Gasteiger partial charge in [0.1, 0.15) is 5.75 Å². The summed E-state index contributed by atoms with van der Waals surface area (Å²) < 4.78 is 5.52. The molecule has 130 valence electrons. The van der Waals surface area contributed by atoms with Crippen LogP contribution in [0.25, 0.3) is 11.3 Å². The average molecular weight is 357 g/mol. The lowest BCUT2D eigenvalue weighted by atomic mass is 10.1. The van der Waals surface area contributed by atoms with Crippen molar-refractivity contribution in [3.05, 3.63) is 29.1 Å². The van der Waals surface area contributed by atoms with E-state index in [4.69, 9.17) is 4.74 Å². The zero-order valence-corrected chi connectivity index (χ0v) is 14.8. The molecular formula is C18H19N3O3S. The van der Waals surface area contributed by atoms with Crippen molar-refractivity contribution in [1.82, 2.24) is 9.88 Å². The molecule has 1 saturated heterocycles. The number of amides is 2. The molecule has 1 unspecified atom stereocenters. The summed E-state index contributed by atoms with van der Waals surface area (Å²) in [5.41, 5.74) is 3.06. The Kier molecular flexibility index (Phi) is 4.17. The van der Waals surface area contributed by atoms with E-state index in [1.807, 2.05) is 24.4 Å². The Balaban J connectivity index is 1.45. The molecule has 2 amide bonds. The predicted molar refractivity (Wildman–Crippen MR) is 95.7 cm³/mol. The number of nitrogens with one attached hydrogen (secondary N) is 1. The molecule has 1 aromatic heterocycles. The van der Waals surface area contributed by atoms with Gasteiger partial charge < -0.3 is 15.0 Å². The van der Waals surface area contributed by atoms with E-state index >= 15 is 0 Å². The summed E-state index contributed by atoms with van der Waals surface area (Å²) in [6.45, 7) is 3.79. The van der Waals surface area contributed by atoms with Crippen LogP contribution in [0.4, 0.5) is 5.13 Å². The van der Waals surface area contributed by atoms with Crippen molar-refractivity contribution in [2.75, 3.05) is 25.0 Å². The monoisotopic (exact) mass is 357 g/mol. The van der Waals surface area contributed by atoms with Gasteiger partial charge in [0.2, 0.25) is 11.8 Å². The van der Waals surface area contributed by atoms with E-state index in [0.29, 0.717) is 18.2 Å². The van der Waals surface area contributed by atoms with Gasteiger partial charge in [0.05, 0.1) is 18.2 Å². The molecule has 7 heteroatoms. The van der Waals surface area contributed by atoms with Gasteiger partial charge in [-0.25, -0.2) is 4.98 Å². The zero-order chi connectivity index (χ0) is 17.4. The summed E-state index contributed by atoms with van der Waals surface area (Å²) in [5.74, 6) is 0.561. The Morgan fingerprint density at radius 3 is 3.16 bits per heavy atom. The molecule has 25 heavy (non-hydrogen) atoms. The fourth-order valence-corrected chi connectivity index (χ4v) is 3.99. The van der Waals surface area contributed by atoms with Gasteiger partial charge >= 0.3 is 0 Å². The number of ether oxygens (including phenoxy) is 1. The minimum Gasteiger partial charge on any atom is -0.493 e. The number of fused-ring (bicyclic) bond motifs is 1. The minimum atomic E-state index is -0.294. The van der Waals surface area contributed by atoms with Crippen molar-refractivity contribution in [1.29, 1.82) is 0 Å². The van der Waals surface area contributed by atoms with E-state index in [1.54, 1.807) is 4.90 Å². The molecule has 3 heterocycles. The first-order valence-corrected chi connectivity index (χ1v) is 9.32. The third-order valence-corrected chi connectivity index (χ3v) is 5.44. The molecule has 0 spiro atoms. The maximum Gasteiger partial charge on any atom is 0.231 e. The lowest BCUT2D eigenvalue weighted by Gasteiger charge is -2.12. The van der Waals surface area contributed by atoms with Crippen LogP contribution in [0.1, 0.15) is 18.9 Å². The molecule has 2 aromatic rings. The fraction of sp³-hybridized carbons (Fsp3) is 0.389. The molecule has 4 rings (SSSR count). The average Bonchev–Trinajstić information content (AvgIpc) is 3.32. The van der Waals surface area contributed by atoms with Crippen LogP contribution in [-0.4, -0.2) is 41.4 Å². The van der Waals surface area contributed by atoms with Gasteiger partial charge in [-0.05, 0) is 30.7 Å². The van der Waals surface area contributed by atoms with Crippen LogP contribution in [0.5, 0.6) is 5.75 Å². The Morgan fingerprint density at radius 2 is 2.36 bits per heavy atom. The van der Waals surface area contributed by atoms with Gasteiger partial charge in [0.25, 0.3) is 0 Å². The largest absolute Gasteiger partial charge is 0.493 e. The Labute approximate surface area is 149 Å². The zero-order valence-electron chi connectivity index (χ0n) is 13.9. The van der Waals surface area contributed by atoms with Crippen molar-refractivity contribution in [3.63, 3.8) is 0 Å². The van der Waals surface area contributed by atoms with Crippen LogP contribution in [0, 0.1) is 5.92 Å². The summed E-state index contributed by atoms with van der Waals surface area (Å²) in [4.78, 5) is 30.4. The highest BCUT2D eigenvalue weighted by molar-refractivity contribution is 7.14. The van der Waals surface area contributed by atoms with Gasteiger partial charge in [-0.1, -0.05) is 0 Å². The summed E-state index contributed by atoms with van der Waals surface area (Å²) in [7, 11) is 0. The molecule has 1 N–H and O–H groups in total. The number of hydrogen-bond donors (Lipinski definition) is 1. The summed E-state index contributed by atoms with van der Waals surface area (Å²) in [6, 6.07) is 6.05. The molecular weight excluding hydrogens is 338 g/mol. The van der Waals surface area contributed by atoms with Crippen LogP contribution < -0.4 is 10.1 Å². The third-order valence-electron chi connectivity index (χ3n) is 4.69.